The molecule has 1 amide bonds. The van der Waals surface area contributed by atoms with Crippen molar-refractivity contribution in [2.75, 3.05) is 13.3 Å². The molecule has 6 heteroatoms. The van der Waals surface area contributed by atoms with E-state index in [0.717, 1.165) is 12.8 Å². The molecule has 102 valence electrons. The first kappa shape index (κ1) is 12.6. The van der Waals surface area contributed by atoms with Crippen LogP contribution in [0.25, 0.3) is 0 Å². The number of nitrogens with two attached hydrogens (primary N) is 1. The number of carbonyl (C=O) groups excluding carboxylic acids is 1. The normalized spacial score (nSPS) is 18.2. The number of halogens is 1. The molecule has 1 aliphatic heterocycles. The van der Waals surface area contributed by atoms with Crippen molar-refractivity contribution in [1.82, 2.24) is 5.32 Å². The predicted octanol–water partition coefficient (Wildman–Crippen LogP) is 1.54. The van der Waals surface area contributed by atoms with Gasteiger partial charge in [-0.3, -0.25) is 4.79 Å². The van der Waals surface area contributed by atoms with Crippen LogP contribution in [0, 0.1) is 5.92 Å². The van der Waals surface area contributed by atoms with Crippen molar-refractivity contribution < 1.29 is 14.3 Å². The number of amides is 1. The minimum Gasteiger partial charge on any atom is -0.454 e. The topological polar surface area (TPSA) is 73.6 Å². The van der Waals surface area contributed by atoms with E-state index < -0.39 is 0 Å². The zero-order valence-corrected chi connectivity index (χ0v) is 11.1. The van der Waals surface area contributed by atoms with Gasteiger partial charge in [0.1, 0.15) is 0 Å². The number of hydrogen-bond donors (Lipinski definition) is 2. The first-order valence-corrected chi connectivity index (χ1v) is 6.67. The number of nitrogens with one attached hydrogen (secondary N) is 1. The Bertz CT molecular complexity index is 517. The van der Waals surface area contributed by atoms with Crippen LogP contribution in [0.5, 0.6) is 11.5 Å². The number of fused-ring (bicyclic) bond motifs is 1. The Labute approximate surface area is 116 Å². The highest BCUT2D eigenvalue weighted by Crippen LogP contribution is 2.40. The summed E-state index contributed by atoms with van der Waals surface area (Å²) in [6.07, 6.45) is 2.26. The van der Waals surface area contributed by atoms with E-state index in [9.17, 15) is 4.79 Å². The molecule has 0 bridgehead atoms. The lowest BCUT2D eigenvalue weighted by Crippen LogP contribution is -2.41. The summed E-state index contributed by atoms with van der Waals surface area (Å²) in [7, 11) is 0. The Morgan fingerprint density at radius 3 is 2.95 bits per heavy atom. The van der Waals surface area contributed by atoms with Crippen LogP contribution < -0.4 is 20.5 Å². The highest BCUT2D eigenvalue weighted by molar-refractivity contribution is 6.32. The van der Waals surface area contributed by atoms with Crippen LogP contribution in [-0.2, 0) is 0 Å². The molecular weight excluding hydrogens is 268 g/mol. The highest BCUT2D eigenvalue weighted by Gasteiger charge is 2.31. The van der Waals surface area contributed by atoms with E-state index in [-0.39, 0.29) is 18.7 Å². The third-order valence-electron chi connectivity index (χ3n) is 3.45. The van der Waals surface area contributed by atoms with Gasteiger partial charge < -0.3 is 20.5 Å². The van der Waals surface area contributed by atoms with E-state index in [4.69, 9.17) is 26.8 Å². The van der Waals surface area contributed by atoms with Crippen molar-refractivity contribution in [2.45, 2.75) is 18.9 Å². The molecular formula is C13H15ClN2O3. The molecule has 2 aliphatic rings. The van der Waals surface area contributed by atoms with Crippen molar-refractivity contribution in [3.05, 3.63) is 22.7 Å². The molecule has 0 saturated heterocycles. The fourth-order valence-electron chi connectivity index (χ4n) is 2.22. The van der Waals surface area contributed by atoms with Crippen molar-refractivity contribution in [2.24, 2.45) is 11.7 Å². The summed E-state index contributed by atoms with van der Waals surface area (Å²) in [5.74, 6) is 1.34. The summed E-state index contributed by atoms with van der Waals surface area (Å²) < 4.78 is 10.5. The first-order valence-electron chi connectivity index (χ1n) is 6.29. The minimum absolute atomic E-state index is 0.0386. The average Bonchev–Trinajstić information content (AvgIpc) is 3.13. The van der Waals surface area contributed by atoms with Crippen molar-refractivity contribution in [1.29, 1.82) is 0 Å². The molecule has 1 unspecified atom stereocenters. The number of hydrogen-bond acceptors (Lipinski definition) is 4. The van der Waals surface area contributed by atoms with E-state index in [0.29, 0.717) is 34.5 Å². The molecule has 1 aromatic carbocycles. The maximum absolute atomic E-state index is 12.2. The molecule has 1 atom stereocenters. The van der Waals surface area contributed by atoms with Crippen LogP contribution in [0.15, 0.2) is 12.1 Å². The second kappa shape index (κ2) is 4.90. The number of benzene rings is 1. The molecule has 0 radical (unpaired) electrons. The maximum atomic E-state index is 12.2. The Kier molecular flexibility index (Phi) is 3.24. The highest BCUT2D eigenvalue weighted by atomic mass is 35.5. The van der Waals surface area contributed by atoms with Gasteiger partial charge in [0.2, 0.25) is 6.79 Å². The first-order chi connectivity index (χ1) is 9.19. The molecule has 19 heavy (non-hydrogen) atoms. The summed E-state index contributed by atoms with van der Waals surface area (Å²) in [4.78, 5) is 12.2. The Balaban J connectivity index is 1.78. The van der Waals surface area contributed by atoms with Crippen molar-refractivity contribution >= 4 is 17.5 Å². The SMILES string of the molecule is NCC(NC(=O)c1cc(Cl)c2c(c1)OCO2)C1CC1. The summed E-state index contributed by atoms with van der Waals surface area (Å²) in [6, 6.07) is 3.27. The summed E-state index contributed by atoms with van der Waals surface area (Å²) in [6.45, 7) is 0.586. The zero-order valence-electron chi connectivity index (χ0n) is 10.3. The van der Waals surface area contributed by atoms with Crippen LogP contribution in [0.3, 0.4) is 0 Å². The monoisotopic (exact) mass is 282 g/mol. The predicted molar refractivity (Wildman–Crippen MR) is 70.6 cm³/mol. The Morgan fingerprint density at radius 1 is 1.47 bits per heavy atom. The lowest BCUT2D eigenvalue weighted by molar-refractivity contribution is 0.0933. The Morgan fingerprint density at radius 2 is 2.26 bits per heavy atom. The third kappa shape index (κ3) is 2.48. The van der Waals surface area contributed by atoms with Gasteiger partial charge in [0, 0.05) is 18.2 Å². The summed E-state index contributed by atoms with van der Waals surface area (Å²) >= 11 is 6.05. The van der Waals surface area contributed by atoms with Gasteiger partial charge in [-0.05, 0) is 30.9 Å². The second-order valence-electron chi connectivity index (χ2n) is 4.84. The fraction of sp³-hybridized carbons (Fsp3) is 0.462. The lowest BCUT2D eigenvalue weighted by atomic mass is 10.1. The quantitative estimate of drug-likeness (QED) is 0.878. The molecule has 3 N–H and O–H groups in total. The second-order valence-corrected chi connectivity index (χ2v) is 5.25. The Hall–Kier alpha value is -1.46. The van der Waals surface area contributed by atoms with Gasteiger partial charge in [-0.25, -0.2) is 0 Å². The fourth-order valence-corrected chi connectivity index (χ4v) is 2.48. The van der Waals surface area contributed by atoms with Gasteiger partial charge in [0.15, 0.2) is 11.5 Å². The number of rotatable bonds is 4. The van der Waals surface area contributed by atoms with Gasteiger partial charge in [-0.2, -0.15) is 0 Å². The van der Waals surface area contributed by atoms with E-state index in [2.05, 4.69) is 5.32 Å². The molecule has 1 aliphatic carbocycles. The molecule has 0 spiro atoms. The molecule has 0 aromatic heterocycles. The van der Waals surface area contributed by atoms with Gasteiger partial charge in [0.05, 0.1) is 5.02 Å². The van der Waals surface area contributed by atoms with Crippen molar-refractivity contribution in [3.8, 4) is 11.5 Å². The molecule has 1 fully saturated rings. The van der Waals surface area contributed by atoms with E-state index >= 15 is 0 Å². The van der Waals surface area contributed by atoms with E-state index in [1.54, 1.807) is 12.1 Å². The summed E-state index contributed by atoms with van der Waals surface area (Å²) in [5.41, 5.74) is 6.14. The zero-order chi connectivity index (χ0) is 13.4. The van der Waals surface area contributed by atoms with Crippen LogP contribution in [0.2, 0.25) is 5.02 Å². The minimum atomic E-state index is -0.178. The largest absolute Gasteiger partial charge is 0.454 e. The standard InChI is InChI=1S/C13H15ClN2O3/c14-9-3-8(4-11-12(9)19-6-18-11)13(17)16-10(5-15)7-1-2-7/h3-4,7,10H,1-2,5-6,15H2,(H,16,17). The molecule has 1 aromatic rings. The maximum Gasteiger partial charge on any atom is 0.251 e. The van der Waals surface area contributed by atoms with Gasteiger partial charge in [0.25, 0.3) is 5.91 Å². The van der Waals surface area contributed by atoms with Gasteiger partial charge in [-0.15, -0.1) is 0 Å². The van der Waals surface area contributed by atoms with Crippen molar-refractivity contribution in [3.63, 3.8) is 0 Å². The third-order valence-corrected chi connectivity index (χ3v) is 3.73. The molecule has 1 heterocycles. The van der Waals surface area contributed by atoms with E-state index in [1.165, 1.54) is 0 Å². The average molecular weight is 283 g/mol. The molecule has 5 nitrogen and oxygen atoms in total. The van der Waals surface area contributed by atoms with Crippen LogP contribution in [0.4, 0.5) is 0 Å². The smallest absolute Gasteiger partial charge is 0.251 e. The van der Waals surface area contributed by atoms with Crippen LogP contribution in [0.1, 0.15) is 23.2 Å². The summed E-state index contributed by atoms with van der Waals surface area (Å²) in [5, 5.41) is 3.33. The number of carbonyl (C=O) groups is 1. The number of ether oxygens (including phenoxy) is 2. The lowest BCUT2D eigenvalue weighted by Gasteiger charge is -2.16. The van der Waals surface area contributed by atoms with E-state index in [1.807, 2.05) is 0 Å². The van der Waals surface area contributed by atoms with Crippen LogP contribution in [-0.4, -0.2) is 25.3 Å². The van der Waals surface area contributed by atoms with Gasteiger partial charge in [-0.1, -0.05) is 11.6 Å². The van der Waals surface area contributed by atoms with Crippen LogP contribution >= 0.6 is 11.6 Å². The molecule has 1 saturated carbocycles. The van der Waals surface area contributed by atoms with Gasteiger partial charge >= 0.3 is 0 Å². The molecule has 3 rings (SSSR count).